The summed E-state index contributed by atoms with van der Waals surface area (Å²) in [5.74, 6) is -1.03. The quantitative estimate of drug-likeness (QED) is 0.569. The first-order chi connectivity index (χ1) is 15.4. The number of carbonyl (C=O) groups excluding carboxylic acids is 3. The van der Waals surface area contributed by atoms with Gasteiger partial charge in [-0.25, -0.2) is 4.39 Å². The van der Waals surface area contributed by atoms with E-state index in [1.54, 1.807) is 11.3 Å². The number of halogens is 2. The molecule has 2 fully saturated rings. The van der Waals surface area contributed by atoms with E-state index in [4.69, 9.17) is 11.6 Å². The summed E-state index contributed by atoms with van der Waals surface area (Å²) in [5.41, 5.74) is 0.268. The van der Waals surface area contributed by atoms with Crippen molar-refractivity contribution in [1.82, 2.24) is 20.9 Å². The first kappa shape index (κ1) is 22.7. The van der Waals surface area contributed by atoms with Gasteiger partial charge in [0.05, 0.1) is 17.6 Å². The summed E-state index contributed by atoms with van der Waals surface area (Å²) in [6.45, 7) is 1.51. The number of carbonyl (C=O) groups is 3. The first-order valence-electron chi connectivity index (χ1n) is 10.5. The van der Waals surface area contributed by atoms with Crippen molar-refractivity contribution in [3.63, 3.8) is 0 Å². The second-order valence-corrected chi connectivity index (χ2v) is 9.48. The third-order valence-corrected chi connectivity index (χ3v) is 7.05. The molecule has 7 nitrogen and oxygen atoms in total. The van der Waals surface area contributed by atoms with Gasteiger partial charge >= 0.3 is 0 Å². The Kier molecular flexibility index (Phi) is 7.07. The number of nitrogens with zero attached hydrogens (tertiary/aromatic N) is 1. The lowest BCUT2D eigenvalue weighted by molar-refractivity contribution is -0.129. The minimum Gasteiger partial charge on any atom is -0.353 e. The number of hydrogen-bond acceptors (Lipinski definition) is 5. The van der Waals surface area contributed by atoms with Crippen molar-refractivity contribution in [2.45, 2.75) is 43.9 Å². The number of rotatable bonds is 7. The Balaban J connectivity index is 1.31. The summed E-state index contributed by atoms with van der Waals surface area (Å²) >= 11 is 7.37. The van der Waals surface area contributed by atoms with Gasteiger partial charge in [0.2, 0.25) is 11.8 Å². The maximum atomic E-state index is 13.4. The highest BCUT2D eigenvalue weighted by atomic mass is 35.5. The zero-order chi connectivity index (χ0) is 22.7. The van der Waals surface area contributed by atoms with Crippen LogP contribution in [-0.4, -0.2) is 53.8 Å². The molecule has 0 spiro atoms. The molecule has 0 radical (unpaired) electrons. The highest BCUT2D eigenvalue weighted by Crippen LogP contribution is 2.26. The maximum absolute atomic E-state index is 13.4. The van der Waals surface area contributed by atoms with Crippen LogP contribution in [0.2, 0.25) is 5.02 Å². The Bertz CT molecular complexity index is 1000. The second-order valence-electron chi connectivity index (χ2n) is 8.04. The fourth-order valence-electron chi connectivity index (χ4n) is 4.24. The molecule has 32 heavy (non-hydrogen) atoms. The summed E-state index contributed by atoms with van der Waals surface area (Å²) in [4.78, 5) is 40.4. The van der Waals surface area contributed by atoms with Crippen LogP contribution in [0.25, 0.3) is 0 Å². The normalized spacial score (nSPS) is 22.8. The minimum absolute atomic E-state index is 0.0207. The second kappa shape index (κ2) is 9.97. The fourth-order valence-corrected chi connectivity index (χ4v) is 5.06. The molecule has 4 rings (SSSR count). The number of piperazine rings is 1. The first-order valence-corrected chi connectivity index (χ1v) is 11.7. The molecular formula is C22H24ClFN4O3S. The lowest BCUT2D eigenvalue weighted by Gasteiger charge is -2.37. The van der Waals surface area contributed by atoms with Crippen molar-refractivity contribution >= 4 is 40.7 Å². The Morgan fingerprint density at radius 1 is 1.31 bits per heavy atom. The van der Waals surface area contributed by atoms with Crippen LogP contribution >= 0.6 is 22.9 Å². The monoisotopic (exact) mass is 478 g/mol. The van der Waals surface area contributed by atoms with E-state index in [1.165, 1.54) is 12.1 Å². The lowest BCUT2D eigenvalue weighted by atomic mass is 10.0. The molecule has 10 heteroatoms. The molecule has 2 aliphatic rings. The smallest absolute Gasteiger partial charge is 0.251 e. The Labute approximate surface area is 194 Å². The molecule has 2 aromatic rings. The van der Waals surface area contributed by atoms with E-state index in [-0.39, 0.29) is 46.4 Å². The topological polar surface area (TPSA) is 90.5 Å². The van der Waals surface area contributed by atoms with Gasteiger partial charge in [-0.2, -0.15) is 0 Å². The van der Waals surface area contributed by atoms with Crippen molar-refractivity contribution in [2.24, 2.45) is 0 Å². The summed E-state index contributed by atoms with van der Waals surface area (Å²) in [7, 11) is 0. The number of thiophene rings is 1. The number of fused-ring (bicyclic) bond motifs is 1. The lowest BCUT2D eigenvalue weighted by Crippen LogP contribution is -2.58. The van der Waals surface area contributed by atoms with Crippen molar-refractivity contribution in [3.8, 4) is 0 Å². The molecule has 0 aliphatic carbocycles. The molecule has 170 valence electrons. The van der Waals surface area contributed by atoms with Gasteiger partial charge in [-0.3, -0.25) is 19.3 Å². The zero-order valence-corrected chi connectivity index (χ0v) is 18.8. The number of hydrogen-bond donors (Lipinski definition) is 3. The molecule has 3 amide bonds. The van der Waals surface area contributed by atoms with Crippen LogP contribution in [0.3, 0.4) is 0 Å². The van der Waals surface area contributed by atoms with Gasteiger partial charge < -0.3 is 16.0 Å². The minimum atomic E-state index is -0.583. The van der Waals surface area contributed by atoms with E-state index in [9.17, 15) is 18.8 Å². The standard InChI is InChI=1S/C22H24ClFN4O3S/c23-17-8-13(3-5-18(17)24)21(30)27-14-9-19-22(31)26-10-15(28(19)12-14)4-6-20(29)25-11-16-2-1-7-32-16/h1-3,5,7-8,14-15,19H,4,6,9-12H2,(H,25,29)(H,26,31)(H,27,30). The van der Waals surface area contributed by atoms with Crippen molar-refractivity contribution in [1.29, 1.82) is 0 Å². The van der Waals surface area contributed by atoms with E-state index in [0.29, 0.717) is 38.9 Å². The SMILES string of the molecule is O=C(CCC1CNC(=O)C2CC(NC(=O)c3ccc(F)c(Cl)c3)CN12)NCc1cccs1. The third-order valence-electron chi connectivity index (χ3n) is 5.88. The average molecular weight is 479 g/mol. The van der Waals surface area contributed by atoms with Crippen LogP contribution in [0.4, 0.5) is 4.39 Å². The van der Waals surface area contributed by atoms with Crippen LogP contribution in [0, 0.1) is 5.82 Å². The molecule has 3 N–H and O–H groups in total. The Morgan fingerprint density at radius 3 is 2.91 bits per heavy atom. The van der Waals surface area contributed by atoms with Crippen molar-refractivity contribution < 1.29 is 18.8 Å². The van der Waals surface area contributed by atoms with E-state index in [2.05, 4.69) is 20.9 Å². The van der Waals surface area contributed by atoms with Crippen LogP contribution in [0.1, 0.15) is 34.5 Å². The van der Waals surface area contributed by atoms with E-state index >= 15 is 0 Å². The summed E-state index contributed by atoms with van der Waals surface area (Å²) in [6, 6.07) is 7.20. The molecule has 0 saturated carbocycles. The largest absolute Gasteiger partial charge is 0.353 e. The van der Waals surface area contributed by atoms with E-state index in [1.807, 2.05) is 17.5 Å². The predicted octanol–water partition coefficient (Wildman–Crippen LogP) is 2.31. The van der Waals surface area contributed by atoms with Gasteiger partial charge in [0.1, 0.15) is 5.82 Å². The van der Waals surface area contributed by atoms with Crippen molar-refractivity contribution in [3.05, 3.63) is 57.0 Å². The molecule has 3 atom stereocenters. The number of amides is 3. The van der Waals surface area contributed by atoms with Crippen LogP contribution < -0.4 is 16.0 Å². The Hall–Kier alpha value is -2.49. The average Bonchev–Trinajstić information content (AvgIpc) is 3.44. The van der Waals surface area contributed by atoms with Gasteiger partial charge in [0, 0.05) is 42.0 Å². The van der Waals surface area contributed by atoms with Gasteiger partial charge in [-0.1, -0.05) is 17.7 Å². The molecule has 2 aliphatic heterocycles. The molecule has 3 heterocycles. The van der Waals surface area contributed by atoms with Gasteiger partial charge in [-0.15, -0.1) is 11.3 Å². The highest BCUT2D eigenvalue weighted by molar-refractivity contribution is 7.09. The molecule has 0 bridgehead atoms. The number of benzene rings is 1. The molecular weight excluding hydrogens is 455 g/mol. The summed E-state index contributed by atoms with van der Waals surface area (Å²) < 4.78 is 13.4. The van der Waals surface area contributed by atoms with Gasteiger partial charge in [0.25, 0.3) is 5.91 Å². The molecule has 1 aromatic heterocycles. The van der Waals surface area contributed by atoms with Crippen LogP contribution in [0.5, 0.6) is 0 Å². The molecule has 3 unspecified atom stereocenters. The predicted molar refractivity (Wildman–Crippen MR) is 120 cm³/mol. The molecule has 1 aromatic carbocycles. The van der Waals surface area contributed by atoms with Gasteiger partial charge in [-0.05, 0) is 42.5 Å². The number of nitrogens with one attached hydrogen (secondary N) is 3. The zero-order valence-electron chi connectivity index (χ0n) is 17.3. The van der Waals surface area contributed by atoms with E-state index in [0.717, 1.165) is 10.9 Å². The highest BCUT2D eigenvalue weighted by Gasteiger charge is 2.43. The Morgan fingerprint density at radius 2 is 2.16 bits per heavy atom. The summed E-state index contributed by atoms with van der Waals surface area (Å²) in [6.07, 6.45) is 1.45. The van der Waals surface area contributed by atoms with Crippen LogP contribution in [0.15, 0.2) is 35.7 Å². The maximum Gasteiger partial charge on any atom is 0.251 e. The van der Waals surface area contributed by atoms with E-state index < -0.39 is 5.82 Å². The summed E-state index contributed by atoms with van der Waals surface area (Å²) in [5, 5.41) is 10.6. The van der Waals surface area contributed by atoms with Gasteiger partial charge in [0.15, 0.2) is 0 Å². The third kappa shape index (κ3) is 5.28. The fraction of sp³-hybridized carbons (Fsp3) is 0.409. The molecule has 2 saturated heterocycles. The van der Waals surface area contributed by atoms with Crippen molar-refractivity contribution in [2.75, 3.05) is 13.1 Å². The van der Waals surface area contributed by atoms with Crippen LogP contribution in [-0.2, 0) is 16.1 Å².